The number of aromatic nitrogens is 1. The van der Waals surface area contributed by atoms with Crippen molar-refractivity contribution >= 4 is 28.3 Å². The number of carbonyl (C=O) groups excluding carboxylic acids is 2. The normalized spacial score (nSPS) is 13.4. The zero-order valence-electron chi connectivity index (χ0n) is 16.2. The molecule has 1 aliphatic heterocycles. The molecule has 0 radical (unpaired) electrons. The van der Waals surface area contributed by atoms with E-state index in [-0.39, 0.29) is 24.7 Å². The molecule has 1 saturated heterocycles. The lowest BCUT2D eigenvalue weighted by atomic mass is 10.1. The van der Waals surface area contributed by atoms with Crippen LogP contribution in [0.15, 0.2) is 29.8 Å². The van der Waals surface area contributed by atoms with E-state index in [1.165, 1.54) is 11.3 Å². The van der Waals surface area contributed by atoms with Gasteiger partial charge in [0.25, 0.3) is 0 Å². The van der Waals surface area contributed by atoms with Crippen LogP contribution in [0.4, 0.5) is 5.13 Å². The molecule has 0 saturated carbocycles. The largest absolute Gasteiger partial charge is 0.493 e. The van der Waals surface area contributed by atoms with Gasteiger partial charge < -0.3 is 14.4 Å². The number of amides is 2. The Labute approximate surface area is 168 Å². The minimum Gasteiger partial charge on any atom is -0.493 e. The second kappa shape index (κ2) is 9.54. The zero-order valence-corrected chi connectivity index (χ0v) is 17.0. The van der Waals surface area contributed by atoms with Crippen LogP contribution in [0, 0.1) is 0 Å². The summed E-state index contributed by atoms with van der Waals surface area (Å²) in [6, 6.07) is 5.56. The lowest BCUT2D eigenvalue weighted by molar-refractivity contribution is -0.132. The maximum atomic E-state index is 12.9. The van der Waals surface area contributed by atoms with Crippen LogP contribution in [0.5, 0.6) is 11.5 Å². The summed E-state index contributed by atoms with van der Waals surface area (Å²) in [5.74, 6) is 1.18. The van der Waals surface area contributed by atoms with Gasteiger partial charge in [-0.2, -0.15) is 0 Å². The summed E-state index contributed by atoms with van der Waals surface area (Å²) in [5, 5.41) is 2.45. The van der Waals surface area contributed by atoms with E-state index in [0.29, 0.717) is 23.2 Å². The molecule has 0 N–H and O–H groups in total. The first-order chi connectivity index (χ1) is 13.6. The van der Waals surface area contributed by atoms with Crippen molar-refractivity contribution in [3.8, 4) is 11.5 Å². The van der Waals surface area contributed by atoms with Crippen molar-refractivity contribution in [3.63, 3.8) is 0 Å². The third-order valence-electron chi connectivity index (χ3n) is 4.75. The molecule has 150 valence electrons. The summed E-state index contributed by atoms with van der Waals surface area (Å²) in [7, 11) is 3.16. The molecule has 2 amide bonds. The highest BCUT2D eigenvalue weighted by Gasteiger charge is 2.23. The van der Waals surface area contributed by atoms with Gasteiger partial charge in [0.15, 0.2) is 16.6 Å². The SMILES string of the molecule is COc1ccc(CN(C(=O)CCC(=O)N2CCCC2)c2nccs2)cc1OC. The fraction of sp³-hybridized carbons (Fsp3) is 0.450. The van der Waals surface area contributed by atoms with Gasteiger partial charge in [0.05, 0.1) is 20.8 Å². The van der Waals surface area contributed by atoms with Crippen molar-refractivity contribution in [2.75, 3.05) is 32.2 Å². The number of benzene rings is 1. The van der Waals surface area contributed by atoms with Crippen LogP contribution in [-0.2, 0) is 16.1 Å². The molecule has 2 aromatic rings. The van der Waals surface area contributed by atoms with E-state index in [1.807, 2.05) is 28.5 Å². The van der Waals surface area contributed by atoms with Crippen LogP contribution in [0.25, 0.3) is 0 Å². The summed E-state index contributed by atoms with van der Waals surface area (Å²) in [6.07, 6.45) is 4.16. The monoisotopic (exact) mass is 403 g/mol. The highest BCUT2D eigenvalue weighted by molar-refractivity contribution is 7.13. The third-order valence-corrected chi connectivity index (χ3v) is 5.55. The van der Waals surface area contributed by atoms with Gasteiger partial charge in [-0.3, -0.25) is 14.5 Å². The molecular weight excluding hydrogens is 378 g/mol. The molecule has 2 heterocycles. The summed E-state index contributed by atoms with van der Waals surface area (Å²) in [4.78, 5) is 32.9. The Bertz CT molecular complexity index is 804. The van der Waals surface area contributed by atoms with Gasteiger partial charge in [-0.25, -0.2) is 4.98 Å². The number of hydrogen-bond donors (Lipinski definition) is 0. The Morgan fingerprint density at radius 1 is 1.14 bits per heavy atom. The van der Waals surface area contributed by atoms with Gasteiger partial charge in [-0.15, -0.1) is 11.3 Å². The molecule has 0 bridgehead atoms. The molecule has 7 nitrogen and oxygen atoms in total. The van der Waals surface area contributed by atoms with Crippen LogP contribution in [0.3, 0.4) is 0 Å². The Morgan fingerprint density at radius 2 is 1.89 bits per heavy atom. The first-order valence-corrected chi connectivity index (χ1v) is 10.2. The number of likely N-dealkylation sites (tertiary alicyclic amines) is 1. The lowest BCUT2D eigenvalue weighted by Gasteiger charge is -2.21. The number of thiazole rings is 1. The van der Waals surface area contributed by atoms with Gasteiger partial charge in [-0.1, -0.05) is 6.07 Å². The predicted octanol–water partition coefficient (Wildman–Crippen LogP) is 3.10. The molecule has 1 fully saturated rings. The molecule has 3 rings (SSSR count). The van der Waals surface area contributed by atoms with Crippen molar-refractivity contribution in [1.29, 1.82) is 0 Å². The number of hydrogen-bond acceptors (Lipinski definition) is 6. The minimum absolute atomic E-state index is 0.0519. The lowest BCUT2D eigenvalue weighted by Crippen LogP contribution is -2.33. The van der Waals surface area contributed by atoms with Gasteiger partial charge in [0, 0.05) is 37.5 Å². The van der Waals surface area contributed by atoms with Crippen LogP contribution >= 0.6 is 11.3 Å². The summed E-state index contributed by atoms with van der Waals surface area (Å²) in [5.41, 5.74) is 0.895. The summed E-state index contributed by atoms with van der Waals surface area (Å²) < 4.78 is 10.6. The van der Waals surface area contributed by atoms with Crippen molar-refractivity contribution in [2.24, 2.45) is 0 Å². The molecule has 0 unspecified atom stereocenters. The number of rotatable bonds is 8. The molecule has 8 heteroatoms. The molecule has 1 aromatic heterocycles. The zero-order chi connectivity index (χ0) is 19.9. The smallest absolute Gasteiger partial charge is 0.229 e. The van der Waals surface area contributed by atoms with Crippen molar-refractivity contribution in [1.82, 2.24) is 9.88 Å². The Hall–Kier alpha value is -2.61. The highest BCUT2D eigenvalue weighted by atomic mass is 32.1. The first kappa shape index (κ1) is 20.1. The van der Waals surface area contributed by atoms with Crippen LogP contribution in [-0.4, -0.2) is 49.0 Å². The maximum Gasteiger partial charge on any atom is 0.229 e. The molecule has 28 heavy (non-hydrogen) atoms. The average molecular weight is 404 g/mol. The van der Waals surface area contributed by atoms with Gasteiger partial charge in [0.1, 0.15) is 0 Å². The molecular formula is C20H25N3O4S. The van der Waals surface area contributed by atoms with Gasteiger partial charge in [0.2, 0.25) is 11.8 Å². The third kappa shape index (κ3) is 4.81. The van der Waals surface area contributed by atoms with Gasteiger partial charge in [-0.05, 0) is 30.5 Å². The fourth-order valence-corrected chi connectivity index (χ4v) is 3.91. The number of carbonyl (C=O) groups is 2. The minimum atomic E-state index is -0.114. The van der Waals surface area contributed by atoms with Gasteiger partial charge >= 0.3 is 0 Å². The Balaban J connectivity index is 1.70. The van der Waals surface area contributed by atoms with E-state index in [9.17, 15) is 9.59 Å². The number of methoxy groups -OCH3 is 2. The second-order valence-electron chi connectivity index (χ2n) is 6.57. The van der Waals surface area contributed by atoms with E-state index in [4.69, 9.17) is 9.47 Å². The van der Waals surface area contributed by atoms with E-state index >= 15 is 0 Å². The quantitative estimate of drug-likeness (QED) is 0.677. The molecule has 1 aliphatic rings. The second-order valence-corrected chi connectivity index (χ2v) is 7.44. The van der Waals surface area contributed by atoms with E-state index in [1.54, 1.807) is 25.3 Å². The topological polar surface area (TPSA) is 72.0 Å². The van der Waals surface area contributed by atoms with Crippen molar-refractivity contribution in [3.05, 3.63) is 35.3 Å². The summed E-state index contributed by atoms with van der Waals surface area (Å²) in [6.45, 7) is 1.95. The molecule has 0 spiro atoms. The van der Waals surface area contributed by atoms with Crippen molar-refractivity contribution in [2.45, 2.75) is 32.2 Å². The number of nitrogens with zero attached hydrogens (tertiary/aromatic N) is 3. The number of anilines is 1. The van der Waals surface area contributed by atoms with Crippen LogP contribution in [0.2, 0.25) is 0 Å². The molecule has 1 aromatic carbocycles. The summed E-state index contributed by atoms with van der Waals surface area (Å²) >= 11 is 1.40. The highest BCUT2D eigenvalue weighted by Crippen LogP contribution is 2.29. The number of ether oxygens (including phenoxy) is 2. The van der Waals surface area contributed by atoms with E-state index in [0.717, 1.165) is 31.5 Å². The predicted molar refractivity (Wildman–Crippen MR) is 108 cm³/mol. The Kier molecular flexibility index (Phi) is 6.86. The maximum absolute atomic E-state index is 12.9. The fourth-order valence-electron chi connectivity index (χ4n) is 3.25. The van der Waals surface area contributed by atoms with E-state index < -0.39 is 0 Å². The van der Waals surface area contributed by atoms with Crippen LogP contribution < -0.4 is 14.4 Å². The van der Waals surface area contributed by atoms with Crippen LogP contribution in [0.1, 0.15) is 31.2 Å². The molecule has 0 aliphatic carbocycles. The Morgan fingerprint density at radius 3 is 2.54 bits per heavy atom. The first-order valence-electron chi connectivity index (χ1n) is 9.31. The molecule has 0 atom stereocenters. The van der Waals surface area contributed by atoms with Crippen molar-refractivity contribution < 1.29 is 19.1 Å². The standard InChI is InChI=1S/C20H25N3O4S/c1-26-16-6-5-15(13-17(16)27-2)14-23(20-21-9-12-28-20)19(25)8-7-18(24)22-10-3-4-11-22/h5-6,9,12-13H,3-4,7-8,10-11,14H2,1-2H3. The van der Waals surface area contributed by atoms with E-state index in [2.05, 4.69) is 4.98 Å². The average Bonchev–Trinajstić information content (AvgIpc) is 3.43.